The standard InChI is InChI=1S/C19H16ClNO5/c1-24-16-6-3-11(7-17(16)25-2)10-26-19(23)18(22)14-9-21-15-5-4-12(20)8-13(14)15/h3-9,21H,10H2,1-2H3. The molecule has 0 radical (unpaired) electrons. The van der Waals surface area contributed by atoms with Crippen LogP contribution < -0.4 is 9.47 Å². The summed E-state index contributed by atoms with van der Waals surface area (Å²) in [4.78, 5) is 27.5. The van der Waals surface area contributed by atoms with E-state index in [2.05, 4.69) is 4.98 Å². The maximum Gasteiger partial charge on any atom is 0.380 e. The summed E-state index contributed by atoms with van der Waals surface area (Å²) in [5.41, 5.74) is 1.61. The summed E-state index contributed by atoms with van der Waals surface area (Å²) in [5.74, 6) is -0.604. The number of hydrogen-bond donors (Lipinski definition) is 1. The fourth-order valence-electron chi connectivity index (χ4n) is 2.58. The second kappa shape index (κ2) is 7.49. The third kappa shape index (κ3) is 3.50. The van der Waals surface area contributed by atoms with Gasteiger partial charge < -0.3 is 19.2 Å². The summed E-state index contributed by atoms with van der Waals surface area (Å²) in [7, 11) is 3.04. The van der Waals surface area contributed by atoms with Crippen LogP contribution in [0.2, 0.25) is 5.02 Å². The molecule has 0 bridgehead atoms. The van der Waals surface area contributed by atoms with Crippen LogP contribution >= 0.6 is 11.6 Å². The Labute approximate surface area is 154 Å². The first kappa shape index (κ1) is 17.8. The van der Waals surface area contributed by atoms with Gasteiger partial charge in [0.05, 0.1) is 19.8 Å². The molecule has 1 heterocycles. The number of carbonyl (C=O) groups is 2. The number of ether oxygens (including phenoxy) is 3. The molecule has 0 saturated heterocycles. The molecule has 6 nitrogen and oxygen atoms in total. The van der Waals surface area contributed by atoms with Crippen LogP contribution in [0.3, 0.4) is 0 Å². The molecule has 0 saturated carbocycles. The van der Waals surface area contributed by atoms with Gasteiger partial charge in [0.1, 0.15) is 6.61 Å². The lowest BCUT2D eigenvalue weighted by molar-refractivity contribution is -0.139. The molecule has 1 aromatic heterocycles. The highest BCUT2D eigenvalue weighted by Gasteiger charge is 2.22. The third-order valence-corrected chi connectivity index (χ3v) is 4.13. The molecule has 1 N–H and O–H groups in total. The number of ketones is 1. The predicted octanol–water partition coefficient (Wildman–Crippen LogP) is 3.76. The second-order valence-electron chi connectivity index (χ2n) is 5.49. The van der Waals surface area contributed by atoms with Gasteiger partial charge in [0.2, 0.25) is 0 Å². The van der Waals surface area contributed by atoms with Crippen LogP contribution in [0.25, 0.3) is 10.9 Å². The Balaban J connectivity index is 1.73. The van der Waals surface area contributed by atoms with Gasteiger partial charge in [-0.15, -0.1) is 0 Å². The molecule has 26 heavy (non-hydrogen) atoms. The van der Waals surface area contributed by atoms with Crippen molar-refractivity contribution in [3.8, 4) is 11.5 Å². The number of fused-ring (bicyclic) bond motifs is 1. The van der Waals surface area contributed by atoms with E-state index in [9.17, 15) is 9.59 Å². The Morgan fingerprint density at radius 2 is 1.81 bits per heavy atom. The van der Waals surface area contributed by atoms with Crippen molar-refractivity contribution in [3.63, 3.8) is 0 Å². The molecule has 0 fully saturated rings. The van der Waals surface area contributed by atoms with Crippen molar-refractivity contribution in [2.24, 2.45) is 0 Å². The van der Waals surface area contributed by atoms with Crippen LogP contribution in [-0.2, 0) is 16.1 Å². The van der Waals surface area contributed by atoms with E-state index < -0.39 is 11.8 Å². The zero-order valence-electron chi connectivity index (χ0n) is 14.2. The number of aromatic nitrogens is 1. The molecule has 7 heteroatoms. The van der Waals surface area contributed by atoms with Crippen molar-refractivity contribution in [3.05, 3.63) is 58.7 Å². The van der Waals surface area contributed by atoms with Gasteiger partial charge in [0, 0.05) is 22.1 Å². The highest BCUT2D eigenvalue weighted by Crippen LogP contribution is 2.28. The molecule has 2 aromatic carbocycles. The number of esters is 1. The topological polar surface area (TPSA) is 77.6 Å². The van der Waals surface area contributed by atoms with Crippen molar-refractivity contribution in [2.75, 3.05) is 14.2 Å². The SMILES string of the molecule is COc1ccc(COC(=O)C(=O)c2c[nH]c3ccc(Cl)cc23)cc1OC. The van der Waals surface area contributed by atoms with Crippen molar-refractivity contribution in [1.82, 2.24) is 4.98 Å². The van der Waals surface area contributed by atoms with E-state index in [1.807, 2.05) is 0 Å². The number of nitrogens with one attached hydrogen (secondary N) is 1. The highest BCUT2D eigenvalue weighted by atomic mass is 35.5. The monoisotopic (exact) mass is 373 g/mol. The number of aromatic amines is 1. The third-order valence-electron chi connectivity index (χ3n) is 3.89. The van der Waals surface area contributed by atoms with Crippen LogP contribution in [0, 0.1) is 0 Å². The minimum absolute atomic E-state index is 0.0615. The summed E-state index contributed by atoms with van der Waals surface area (Å²) in [6, 6.07) is 10.2. The smallest absolute Gasteiger partial charge is 0.380 e. The zero-order valence-corrected chi connectivity index (χ0v) is 14.9. The molecule has 134 valence electrons. The Bertz CT molecular complexity index is 979. The maximum atomic E-state index is 12.4. The summed E-state index contributed by atoms with van der Waals surface area (Å²) < 4.78 is 15.5. The lowest BCUT2D eigenvalue weighted by Gasteiger charge is -2.09. The van der Waals surface area contributed by atoms with Gasteiger partial charge in [-0.3, -0.25) is 4.79 Å². The molecule has 3 aromatic rings. The van der Waals surface area contributed by atoms with E-state index in [-0.39, 0.29) is 12.2 Å². The number of benzene rings is 2. The van der Waals surface area contributed by atoms with Crippen LogP contribution in [0.15, 0.2) is 42.6 Å². The van der Waals surface area contributed by atoms with Crippen molar-refractivity contribution in [2.45, 2.75) is 6.61 Å². The minimum atomic E-state index is -0.944. The van der Waals surface area contributed by atoms with Gasteiger partial charge in [-0.2, -0.15) is 0 Å². The van der Waals surface area contributed by atoms with E-state index in [1.165, 1.54) is 20.4 Å². The van der Waals surface area contributed by atoms with E-state index in [4.69, 9.17) is 25.8 Å². The van der Waals surface area contributed by atoms with E-state index in [0.717, 1.165) is 0 Å². The molecule has 0 amide bonds. The van der Waals surface area contributed by atoms with Gasteiger partial charge >= 0.3 is 5.97 Å². The van der Waals surface area contributed by atoms with Crippen LogP contribution in [0.1, 0.15) is 15.9 Å². The number of methoxy groups -OCH3 is 2. The van der Waals surface area contributed by atoms with Crippen LogP contribution in [0.5, 0.6) is 11.5 Å². The number of rotatable bonds is 6. The molecule has 0 atom stereocenters. The lowest BCUT2D eigenvalue weighted by Crippen LogP contribution is -2.17. The summed E-state index contributed by atoms with van der Waals surface area (Å²) in [6.07, 6.45) is 1.47. The molecular weight excluding hydrogens is 358 g/mol. The molecule has 0 aliphatic heterocycles. The molecule has 0 aliphatic carbocycles. The first-order valence-corrected chi connectivity index (χ1v) is 8.10. The lowest BCUT2D eigenvalue weighted by atomic mass is 10.1. The van der Waals surface area contributed by atoms with E-state index in [1.54, 1.807) is 36.4 Å². The Kier molecular flexibility index (Phi) is 5.14. The normalized spacial score (nSPS) is 10.6. The Hall–Kier alpha value is -2.99. The fourth-order valence-corrected chi connectivity index (χ4v) is 2.75. The van der Waals surface area contributed by atoms with Crippen molar-refractivity contribution < 1.29 is 23.8 Å². The average molecular weight is 374 g/mol. The van der Waals surface area contributed by atoms with E-state index in [0.29, 0.717) is 33.0 Å². The van der Waals surface area contributed by atoms with Crippen LogP contribution in [-0.4, -0.2) is 31.0 Å². The Morgan fingerprint density at radius 1 is 1.04 bits per heavy atom. The molecular formula is C19H16ClNO5. The summed E-state index contributed by atoms with van der Waals surface area (Å²) in [5, 5.41) is 1.05. The quantitative estimate of drug-likeness (QED) is 0.404. The first-order valence-electron chi connectivity index (χ1n) is 7.72. The summed E-state index contributed by atoms with van der Waals surface area (Å²) in [6.45, 7) is -0.0615. The minimum Gasteiger partial charge on any atom is -0.493 e. The van der Waals surface area contributed by atoms with Crippen LogP contribution in [0.4, 0.5) is 0 Å². The first-order chi connectivity index (χ1) is 12.5. The van der Waals surface area contributed by atoms with Gasteiger partial charge in [0.25, 0.3) is 5.78 Å². The molecule has 3 rings (SSSR count). The fraction of sp³-hybridized carbons (Fsp3) is 0.158. The number of hydrogen-bond acceptors (Lipinski definition) is 5. The molecule has 0 aliphatic rings. The van der Waals surface area contributed by atoms with Gasteiger partial charge in [-0.05, 0) is 35.9 Å². The van der Waals surface area contributed by atoms with Crippen molar-refractivity contribution >= 4 is 34.3 Å². The zero-order chi connectivity index (χ0) is 18.7. The largest absolute Gasteiger partial charge is 0.493 e. The summed E-state index contributed by atoms with van der Waals surface area (Å²) >= 11 is 5.96. The number of carbonyl (C=O) groups excluding carboxylic acids is 2. The molecule has 0 unspecified atom stereocenters. The number of Topliss-reactive ketones (excluding diaryl/α,β-unsaturated/α-hetero) is 1. The Morgan fingerprint density at radius 3 is 2.54 bits per heavy atom. The number of H-pyrrole nitrogens is 1. The second-order valence-corrected chi connectivity index (χ2v) is 5.92. The maximum absolute atomic E-state index is 12.4. The van der Waals surface area contributed by atoms with Gasteiger partial charge in [0.15, 0.2) is 11.5 Å². The average Bonchev–Trinajstić information content (AvgIpc) is 3.08. The van der Waals surface area contributed by atoms with Gasteiger partial charge in [-0.1, -0.05) is 17.7 Å². The molecule has 0 spiro atoms. The van der Waals surface area contributed by atoms with E-state index >= 15 is 0 Å². The van der Waals surface area contributed by atoms with Gasteiger partial charge in [-0.25, -0.2) is 4.79 Å². The number of halogens is 1. The predicted molar refractivity (Wildman–Crippen MR) is 97.0 cm³/mol. The van der Waals surface area contributed by atoms with Crippen molar-refractivity contribution in [1.29, 1.82) is 0 Å². The highest BCUT2D eigenvalue weighted by molar-refractivity contribution is 6.43.